The summed E-state index contributed by atoms with van der Waals surface area (Å²) in [6.45, 7) is -0.899. The summed E-state index contributed by atoms with van der Waals surface area (Å²) in [6.07, 6.45) is -3.76. The lowest BCUT2D eigenvalue weighted by atomic mass is 10.1. The van der Waals surface area contributed by atoms with Crippen LogP contribution in [0.1, 0.15) is 6.23 Å². The Hall–Kier alpha value is -2.17. The maximum atomic E-state index is 11.6. The number of aromatic nitrogens is 2. The number of H-pyrrole nitrogens is 1. The van der Waals surface area contributed by atoms with Crippen molar-refractivity contribution in [3.05, 3.63) is 43.5 Å². The highest BCUT2D eigenvalue weighted by Gasteiger charge is 2.54. The number of azide groups is 1. The molecule has 0 aliphatic carbocycles. The molecule has 1 aliphatic heterocycles. The Morgan fingerprint density at radius 2 is 2.25 bits per heavy atom. The lowest BCUT2D eigenvalue weighted by Gasteiger charge is -2.23. The van der Waals surface area contributed by atoms with E-state index in [1.165, 1.54) is 0 Å². The van der Waals surface area contributed by atoms with Crippen LogP contribution in [0.4, 0.5) is 0 Å². The lowest BCUT2D eigenvalue weighted by molar-refractivity contribution is -0.125. The number of ether oxygens (including phenoxy) is 1. The molecule has 1 aliphatic rings. The molecule has 11 nitrogen and oxygen atoms in total. The van der Waals surface area contributed by atoms with Crippen molar-refractivity contribution in [2.75, 3.05) is 6.61 Å². The Morgan fingerprint density at radius 3 is 2.80 bits per heavy atom. The molecule has 4 atom stereocenters. The smallest absolute Gasteiger partial charge is 0.330 e. The Morgan fingerprint density at radius 1 is 1.55 bits per heavy atom. The summed E-state index contributed by atoms with van der Waals surface area (Å²) < 4.78 is 5.95. The van der Waals surface area contributed by atoms with Crippen LogP contribution < -0.4 is 11.2 Å². The van der Waals surface area contributed by atoms with E-state index < -0.39 is 42.0 Å². The topological polar surface area (TPSA) is 174 Å². The predicted molar refractivity (Wildman–Crippen MR) is 62.4 cm³/mol. The quantitative estimate of drug-likeness (QED) is 0.278. The van der Waals surface area contributed by atoms with Crippen molar-refractivity contribution in [3.8, 4) is 0 Å². The van der Waals surface area contributed by atoms with Gasteiger partial charge in [0.2, 0.25) is 5.72 Å². The third-order valence-electron chi connectivity index (χ3n) is 2.97. The van der Waals surface area contributed by atoms with Gasteiger partial charge in [-0.1, -0.05) is 5.11 Å². The fraction of sp³-hybridized carbons (Fsp3) is 0.556. The van der Waals surface area contributed by atoms with Crippen molar-refractivity contribution in [1.82, 2.24) is 9.55 Å². The number of rotatable bonds is 3. The maximum absolute atomic E-state index is 11.6. The molecule has 1 unspecified atom stereocenters. The second kappa shape index (κ2) is 5.07. The normalized spacial score (nSPS) is 32.9. The van der Waals surface area contributed by atoms with Gasteiger partial charge in [-0.25, -0.2) is 4.79 Å². The number of nitrogens with zero attached hydrogens (tertiary/aromatic N) is 4. The summed E-state index contributed by atoms with van der Waals surface area (Å²) in [4.78, 5) is 26.9. The van der Waals surface area contributed by atoms with Crippen molar-refractivity contribution < 1.29 is 20.1 Å². The van der Waals surface area contributed by atoms with Gasteiger partial charge in [0.1, 0.15) is 12.2 Å². The molecule has 0 aromatic carbocycles. The first-order valence-electron chi connectivity index (χ1n) is 5.48. The molecule has 20 heavy (non-hydrogen) atoms. The Kier molecular flexibility index (Phi) is 3.61. The zero-order chi connectivity index (χ0) is 14.9. The Labute approximate surface area is 110 Å². The highest BCUT2D eigenvalue weighted by Crippen LogP contribution is 2.37. The van der Waals surface area contributed by atoms with Gasteiger partial charge in [-0.2, -0.15) is 0 Å². The first-order valence-corrected chi connectivity index (χ1v) is 5.48. The van der Waals surface area contributed by atoms with E-state index in [1.807, 2.05) is 4.98 Å². The van der Waals surface area contributed by atoms with Crippen molar-refractivity contribution in [2.45, 2.75) is 24.2 Å². The van der Waals surface area contributed by atoms with Gasteiger partial charge in [-0.3, -0.25) is 14.3 Å². The van der Waals surface area contributed by atoms with Gasteiger partial charge in [0, 0.05) is 17.2 Å². The van der Waals surface area contributed by atoms with E-state index in [9.17, 15) is 24.9 Å². The van der Waals surface area contributed by atoms with Crippen LogP contribution in [0.5, 0.6) is 0 Å². The first kappa shape index (κ1) is 14.2. The fourth-order valence-corrected chi connectivity index (χ4v) is 1.94. The SMILES string of the molecule is [N-]=[N+]=N[C@]1(CO)OC(n2ccc(=O)[nH]c2=O)[C@H](O)[C@@H]1O. The summed E-state index contributed by atoms with van der Waals surface area (Å²) in [5.74, 6) is 0. The molecule has 2 rings (SSSR count). The fourth-order valence-electron chi connectivity index (χ4n) is 1.94. The molecule has 1 aromatic rings. The average molecular weight is 285 g/mol. The summed E-state index contributed by atoms with van der Waals surface area (Å²) in [7, 11) is 0. The van der Waals surface area contributed by atoms with E-state index in [2.05, 4.69) is 10.0 Å². The standard InChI is InChI=1S/C9H11N5O6/c10-13-12-9(3-15)6(18)5(17)7(20-9)14-2-1-4(16)11-8(14)19/h1-2,5-7,15,17-18H,3H2,(H,11,16,19)/t5-,6+,7?,9-/m1/s1. The van der Waals surface area contributed by atoms with E-state index >= 15 is 0 Å². The number of aliphatic hydroxyl groups excluding tert-OH is 3. The van der Waals surface area contributed by atoms with Gasteiger partial charge in [0.15, 0.2) is 6.23 Å². The molecular formula is C9H11N5O6. The van der Waals surface area contributed by atoms with E-state index in [1.54, 1.807) is 0 Å². The van der Waals surface area contributed by atoms with Crippen molar-refractivity contribution in [1.29, 1.82) is 0 Å². The summed E-state index contributed by atoms with van der Waals surface area (Å²) in [6, 6.07) is 1.01. The summed E-state index contributed by atoms with van der Waals surface area (Å²) in [5, 5.41) is 32.1. The minimum absolute atomic E-state index is 0.650. The Bertz CT molecular complexity index is 663. The molecule has 1 saturated heterocycles. The van der Waals surface area contributed by atoms with Crippen molar-refractivity contribution in [2.24, 2.45) is 5.11 Å². The number of hydrogen-bond donors (Lipinski definition) is 4. The van der Waals surface area contributed by atoms with Gasteiger partial charge in [0.05, 0.1) is 6.61 Å². The summed E-state index contributed by atoms with van der Waals surface area (Å²) in [5.41, 5.74) is 4.79. The van der Waals surface area contributed by atoms with Gasteiger partial charge in [-0.05, 0) is 5.53 Å². The third-order valence-corrected chi connectivity index (χ3v) is 2.97. The van der Waals surface area contributed by atoms with Crippen LogP contribution in [-0.4, -0.2) is 49.4 Å². The van der Waals surface area contributed by atoms with Crippen molar-refractivity contribution >= 4 is 0 Å². The minimum atomic E-state index is -2.10. The van der Waals surface area contributed by atoms with Crippen LogP contribution in [0.3, 0.4) is 0 Å². The number of hydrogen-bond acceptors (Lipinski definition) is 7. The first-order chi connectivity index (χ1) is 9.45. The van der Waals surface area contributed by atoms with Crippen LogP contribution >= 0.6 is 0 Å². The minimum Gasteiger partial charge on any atom is -0.393 e. The molecule has 0 radical (unpaired) electrons. The van der Waals surface area contributed by atoms with E-state index in [-0.39, 0.29) is 0 Å². The van der Waals surface area contributed by atoms with Crippen molar-refractivity contribution in [3.63, 3.8) is 0 Å². The molecule has 4 N–H and O–H groups in total. The third kappa shape index (κ3) is 2.09. The molecule has 0 amide bonds. The largest absolute Gasteiger partial charge is 0.393 e. The van der Waals surface area contributed by atoms with Crippen LogP contribution in [0.25, 0.3) is 10.4 Å². The highest BCUT2D eigenvalue weighted by molar-refractivity contribution is 5.00. The van der Waals surface area contributed by atoms with Crippen LogP contribution in [0, 0.1) is 0 Å². The molecule has 0 bridgehead atoms. The number of aliphatic hydroxyl groups is 3. The molecule has 1 aromatic heterocycles. The molecule has 2 heterocycles. The molecule has 0 saturated carbocycles. The van der Waals surface area contributed by atoms with Crippen LogP contribution in [0.2, 0.25) is 0 Å². The van der Waals surface area contributed by atoms with Gasteiger partial charge in [0.25, 0.3) is 5.56 Å². The van der Waals surface area contributed by atoms with E-state index in [4.69, 9.17) is 10.3 Å². The van der Waals surface area contributed by atoms with E-state index in [0.717, 1.165) is 16.8 Å². The predicted octanol–water partition coefficient (Wildman–Crippen LogP) is -2.21. The zero-order valence-corrected chi connectivity index (χ0v) is 9.95. The average Bonchev–Trinajstić information content (AvgIpc) is 2.65. The van der Waals surface area contributed by atoms with Crippen LogP contribution in [-0.2, 0) is 4.74 Å². The molecule has 11 heteroatoms. The second-order valence-corrected chi connectivity index (χ2v) is 4.15. The molecule has 1 fully saturated rings. The molecule has 108 valence electrons. The monoisotopic (exact) mass is 285 g/mol. The van der Waals surface area contributed by atoms with E-state index in [0.29, 0.717) is 0 Å². The Balaban J connectivity index is 2.47. The maximum Gasteiger partial charge on any atom is 0.330 e. The van der Waals surface area contributed by atoms with Gasteiger partial charge in [-0.15, -0.1) is 0 Å². The second-order valence-electron chi connectivity index (χ2n) is 4.15. The highest BCUT2D eigenvalue weighted by atomic mass is 16.6. The lowest BCUT2D eigenvalue weighted by Crippen LogP contribution is -2.44. The molecular weight excluding hydrogens is 274 g/mol. The van der Waals surface area contributed by atoms with Crippen LogP contribution in [0.15, 0.2) is 27.0 Å². The molecule has 0 spiro atoms. The number of aromatic amines is 1. The van der Waals surface area contributed by atoms with Gasteiger partial charge < -0.3 is 20.1 Å². The number of nitrogens with one attached hydrogen (secondary N) is 1. The van der Waals surface area contributed by atoms with Gasteiger partial charge >= 0.3 is 5.69 Å². The summed E-state index contributed by atoms with van der Waals surface area (Å²) >= 11 is 0. The zero-order valence-electron chi connectivity index (χ0n) is 9.95.